The van der Waals surface area contributed by atoms with Crippen molar-refractivity contribution in [1.29, 1.82) is 5.26 Å². The van der Waals surface area contributed by atoms with Gasteiger partial charge in [0.05, 0.1) is 12.2 Å². The fourth-order valence-corrected chi connectivity index (χ4v) is 2.19. The molecular weight excluding hydrogens is 265 g/mol. The van der Waals surface area contributed by atoms with Crippen LogP contribution in [0.2, 0.25) is 13.1 Å². The van der Waals surface area contributed by atoms with E-state index >= 15 is 0 Å². The number of hydrogen-bond donors (Lipinski definition) is 0. The lowest BCUT2D eigenvalue weighted by Gasteiger charge is -2.15. The van der Waals surface area contributed by atoms with Crippen molar-refractivity contribution in [2.75, 3.05) is 6.61 Å². The van der Waals surface area contributed by atoms with Gasteiger partial charge in [-0.15, -0.1) is 0 Å². The number of carbonyl (C=O) groups excluding carboxylic acids is 2. The minimum Gasteiger partial charge on any atom is -0.462 e. The van der Waals surface area contributed by atoms with Gasteiger partial charge in [-0.1, -0.05) is 31.7 Å². The molecule has 5 heteroatoms. The molecule has 1 unspecified atom stereocenters. The summed E-state index contributed by atoms with van der Waals surface area (Å²) in [6.07, 6.45) is 2.77. The summed E-state index contributed by atoms with van der Waals surface area (Å²) in [4.78, 5) is 22.6. The van der Waals surface area contributed by atoms with E-state index in [1.54, 1.807) is 25.1 Å². The van der Waals surface area contributed by atoms with Crippen LogP contribution in [0.25, 0.3) is 0 Å². The highest BCUT2D eigenvalue weighted by Gasteiger charge is 2.16. The molecule has 1 rings (SSSR count). The molecule has 0 aliphatic heterocycles. The lowest BCUT2D eigenvalue weighted by atomic mass is 9.50. The van der Waals surface area contributed by atoms with Gasteiger partial charge in [-0.3, -0.25) is 0 Å². The maximum atomic E-state index is 11.8. The van der Waals surface area contributed by atoms with Gasteiger partial charge in [0.25, 0.3) is 6.71 Å². The van der Waals surface area contributed by atoms with E-state index in [2.05, 4.69) is 5.97 Å². The summed E-state index contributed by atoms with van der Waals surface area (Å²) in [5, 5.41) is 8.84. The van der Waals surface area contributed by atoms with Crippen molar-refractivity contribution in [1.82, 2.24) is 0 Å². The molecular formula is C16H20BNO3. The summed E-state index contributed by atoms with van der Waals surface area (Å²) in [5.74, 6) is 1.88. The van der Waals surface area contributed by atoms with Crippen LogP contribution in [0.3, 0.4) is 0 Å². The Kier molecular flexibility index (Phi) is 7.24. The summed E-state index contributed by atoms with van der Waals surface area (Å²) < 4.78 is 4.99. The molecule has 0 heterocycles. The minimum absolute atomic E-state index is 0.0348. The standard InChI is InChI=1S/C16H20BNO3/c1-3-21-16(20)15-6-4-5-14(11-15)13(8-10-19)7-9-17(2)12-18/h4-6,10-11,13H,3,7-9H2,1-2H3. The van der Waals surface area contributed by atoms with Crippen LogP contribution >= 0.6 is 0 Å². The van der Waals surface area contributed by atoms with Crippen molar-refractivity contribution in [3.63, 3.8) is 0 Å². The maximum Gasteiger partial charge on any atom is 0.338 e. The van der Waals surface area contributed by atoms with Crippen LogP contribution in [0, 0.1) is 11.2 Å². The van der Waals surface area contributed by atoms with Crippen LogP contribution in [0.15, 0.2) is 24.3 Å². The third kappa shape index (κ3) is 5.43. The van der Waals surface area contributed by atoms with Crippen molar-refractivity contribution >= 4 is 19.0 Å². The average Bonchev–Trinajstić information content (AvgIpc) is 2.51. The number of carbonyl (C=O) groups is 2. The molecule has 0 bridgehead atoms. The zero-order valence-corrected chi connectivity index (χ0v) is 12.5. The number of nitriles is 1. The molecule has 0 saturated carbocycles. The van der Waals surface area contributed by atoms with Crippen LogP contribution in [-0.4, -0.2) is 25.6 Å². The Bertz CT molecular complexity index is 524. The van der Waals surface area contributed by atoms with E-state index in [1.807, 2.05) is 12.9 Å². The topological polar surface area (TPSA) is 67.2 Å². The quantitative estimate of drug-likeness (QED) is 0.418. The van der Waals surface area contributed by atoms with Gasteiger partial charge in [0.1, 0.15) is 6.29 Å². The first-order valence-corrected chi connectivity index (χ1v) is 7.22. The second-order valence-corrected chi connectivity index (χ2v) is 5.05. The molecule has 0 saturated heterocycles. The van der Waals surface area contributed by atoms with Crippen LogP contribution in [0.1, 0.15) is 41.6 Å². The lowest BCUT2D eigenvalue weighted by molar-refractivity contribution is -0.108. The Hall–Kier alpha value is -2.09. The summed E-state index contributed by atoms with van der Waals surface area (Å²) >= 11 is 0. The Balaban J connectivity index is 2.87. The van der Waals surface area contributed by atoms with Gasteiger partial charge in [-0.2, -0.15) is 0 Å². The third-order valence-electron chi connectivity index (χ3n) is 3.42. The Morgan fingerprint density at radius 2 is 2.29 bits per heavy atom. The van der Waals surface area contributed by atoms with E-state index in [0.717, 1.165) is 24.6 Å². The first-order chi connectivity index (χ1) is 10.1. The summed E-state index contributed by atoms with van der Waals surface area (Å²) in [5.41, 5.74) is 1.44. The van der Waals surface area contributed by atoms with Crippen molar-refractivity contribution in [3.8, 4) is 5.97 Å². The Labute approximate surface area is 126 Å². The number of rotatable bonds is 8. The molecule has 0 aliphatic rings. The number of nitrogens with zero attached hydrogens (tertiary/aromatic N) is 1. The molecule has 0 fully saturated rings. The Morgan fingerprint density at radius 1 is 1.52 bits per heavy atom. The fraction of sp³-hybridized carbons (Fsp3) is 0.438. The normalized spacial score (nSPS) is 11.3. The SMILES string of the molecule is CCOC(=O)c1cccc(C(CC=O)CCB(C)C#N)c1. The molecule has 0 aromatic heterocycles. The van der Waals surface area contributed by atoms with Crippen molar-refractivity contribution < 1.29 is 14.3 Å². The summed E-state index contributed by atoms with van der Waals surface area (Å²) in [7, 11) is 0. The first-order valence-electron chi connectivity index (χ1n) is 7.22. The van der Waals surface area contributed by atoms with E-state index in [1.165, 1.54) is 0 Å². The highest BCUT2D eigenvalue weighted by atomic mass is 16.5. The minimum atomic E-state index is -0.352. The maximum absolute atomic E-state index is 11.8. The lowest BCUT2D eigenvalue weighted by Crippen LogP contribution is -2.09. The third-order valence-corrected chi connectivity index (χ3v) is 3.42. The molecule has 0 spiro atoms. The van der Waals surface area contributed by atoms with Gasteiger partial charge in [0.15, 0.2) is 0 Å². The molecule has 1 aromatic carbocycles. The van der Waals surface area contributed by atoms with Gasteiger partial charge in [-0.25, -0.2) is 10.1 Å². The van der Waals surface area contributed by atoms with Crippen LogP contribution in [-0.2, 0) is 9.53 Å². The van der Waals surface area contributed by atoms with Crippen LogP contribution in [0.4, 0.5) is 0 Å². The monoisotopic (exact) mass is 285 g/mol. The summed E-state index contributed by atoms with van der Waals surface area (Å²) in [6.45, 7) is 3.93. The van der Waals surface area contributed by atoms with Gasteiger partial charge in [0.2, 0.25) is 0 Å². The largest absolute Gasteiger partial charge is 0.462 e. The smallest absolute Gasteiger partial charge is 0.338 e. The fourth-order valence-electron chi connectivity index (χ4n) is 2.19. The van der Waals surface area contributed by atoms with E-state index in [4.69, 9.17) is 10.00 Å². The zero-order valence-electron chi connectivity index (χ0n) is 12.5. The summed E-state index contributed by atoms with van der Waals surface area (Å²) in [6, 6.07) is 7.20. The van der Waals surface area contributed by atoms with Gasteiger partial charge in [-0.05, 0) is 30.5 Å². The van der Waals surface area contributed by atoms with E-state index < -0.39 is 0 Å². The first kappa shape index (κ1) is 17.0. The Morgan fingerprint density at radius 3 is 2.90 bits per heavy atom. The van der Waals surface area contributed by atoms with Crippen LogP contribution in [0.5, 0.6) is 0 Å². The predicted octanol–water partition coefficient (Wildman–Crippen LogP) is 3.11. The second-order valence-electron chi connectivity index (χ2n) is 5.05. The molecule has 0 aliphatic carbocycles. The van der Waals surface area contributed by atoms with Crippen molar-refractivity contribution in [2.45, 2.75) is 38.8 Å². The molecule has 0 amide bonds. The van der Waals surface area contributed by atoms with Gasteiger partial charge in [0, 0.05) is 12.4 Å². The number of ether oxygens (including phenoxy) is 1. The number of benzene rings is 1. The second kappa shape index (κ2) is 8.96. The molecule has 1 atom stereocenters. The molecule has 0 radical (unpaired) electrons. The highest BCUT2D eigenvalue weighted by molar-refractivity contribution is 6.65. The molecule has 1 aromatic rings. The average molecular weight is 285 g/mol. The highest BCUT2D eigenvalue weighted by Crippen LogP contribution is 2.26. The van der Waals surface area contributed by atoms with Crippen molar-refractivity contribution in [2.24, 2.45) is 0 Å². The number of hydrogen-bond acceptors (Lipinski definition) is 4. The van der Waals surface area contributed by atoms with Crippen LogP contribution < -0.4 is 0 Å². The number of esters is 1. The molecule has 4 nitrogen and oxygen atoms in total. The van der Waals surface area contributed by atoms with E-state index in [9.17, 15) is 9.59 Å². The molecule has 21 heavy (non-hydrogen) atoms. The van der Waals surface area contributed by atoms with E-state index in [-0.39, 0.29) is 18.6 Å². The van der Waals surface area contributed by atoms with Gasteiger partial charge >= 0.3 is 5.97 Å². The molecule has 0 N–H and O–H groups in total. The molecule has 110 valence electrons. The van der Waals surface area contributed by atoms with Gasteiger partial charge < -0.3 is 9.53 Å². The van der Waals surface area contributed by atoms with Crippen molar-refractivity contribution in [3.05, 3.63) is 35.4 Å². The predicted molar refractivity (Wildman–Crippen MR) is 82.5 cm³/mol. The van der Waals surface area contributed by atoms with E-state index in [0.29, 0.717) is 18.6 Å². The number of aldehydes is 1. The zero-order chi connectivity index (χ0) is 15.7.